The first-order valence-electron chi connectivity index (χ1n) is 34.4. The largest absolute Gasteiger partial charge is 0.462 e. The quantitative estimate of drug-likeness (QED) is 0.0261. The Morgan fingerprint density at radius 1 is 0.259 bits per heavy atom. The summed E-state index contributed by atoms with van der Waals surface area (Å²) >= 11 is 0. The highest BCUT2D eigenvalue weighted by atomic mass is 16.6. The zero-order valence-electron chi connectivity index (χ0n) is 53.3. The monoisotopic (exact) mass is 1120 g/mol. The van der Waals surface area contributed by atoms with E-state index in [1.165, 1.54) is 167 Å². The van der Waals surface area contributed by atoms with Crippen LogP contribution in [0.4, 0.5) is 0 Å². The minimum absolute atomic E-state index is 0.0805. The Hall–Kier alpha value is -3.93. The molecule has 0 radical (unpaired) electrons. The Bertz CT molecular complexity index is 1620. The summed E-state index contributed by atoms with van der Waals surface area (Å²) in [7, 11) is 0. The number of carbonyl (C=O) groups excluding carboxylic acids is 3. The SMILES string of the molecule is CC/C=C\C/C=C\C/C=C\C/C=C\C/C=C\C/C=C\CCCCCCCCCCCCC(=O)OCC(COC(=O)CCCCCCCCCCCCCCCCCCC)OC(=O)CCCCCCCCC/C=C\C/C=C\C/C=C\CC. The predicted molar refractivity (Wildman–Crippen MR) is 353 cm³/mol. The molecule has 0 heterocycles. The van der Waals surface area contributed by atoms with E-state index in [9.17, 15) is 14.4 Å². The van der Waals surface area contributed by atoms with Gasteiger partial charge in [0.15, 0.2) is 6.10 Å². The van der Waals surface area contributed by atoms with Gasteiger partial charge < -0.3 is 14.2 Å². The van der Waals surface area contributed by atoms with E-state index < -0.39 is 6.10 Å². The molecule has 0 aromatic heterocycles. The van der Waals surface area contributed by atoms with Gasteiger partial charge in [0, 0.05) is 19.3 Å². The summed E-state index contributed by atoms with van der Waals surface area (Å²) in [6.45, 7) is 6.44. The fourth-order valence-electron chi connectivity index (χ4n) is 9.70. The fraction of sp³-hybridized carbons (Fsp3) is 0.720. The van der Waals surface area contributed by atoms with Crippen molar-refractivity contribution in [3.63, 3.8) is 0 Å². The van der Waals surface area contributed by atoms with E-state index in [1.807, 2.05) is 0 Å². The molecule has 6 nitrogen and oxygen atoms in total. The molecule has 0 aliphatic heterocycles. The summed E-state index contributed by atoms with van der Waals surface area (Å²) in [6.07, 6.45) is 93.9. The summed E-state index contributed by atoms with van der Waals surface area (Å²) in [4.78, 5) is 38.4. The normalized spacial score (nSPS) is 12.8. The zero-order chi connectivity index (χ0) is 58.5. The maximum absolute atomic E-state index is 12.9. The molecule has 6 heteroatoms. The molecule has 0 saturated heterocycles. The highest BCUT2D eigenvalue weighted by Gasteiger charge is 2.19. The van der Waals surface area contributed by atoms with Gasteiger partial charge in [0.25, 0.3) is 0 Å². The number of allylic oxidation sites excluding steroid dienone is 18. The second kappa shape index (κ2) is 68.6. The Morgan fingerprint density at radius 2 is 0.481 bits per heavy atom. The van der Waals surface area contributed by atoms with E-state index in [-0.39, 0.29) is 31.1 Å². The summed E-state index contributed by atoms with van der Waals surface area (Å²) in [5.41, 5.74) is 0. The lowest BCUT2D eigenvalue weighted by Crippen LogP contribution is -2.30. The molecule has 1 atom stereocenters. The Kier molecular flexibility index (Phi) is 65.2. The minimum Gasteiger partial charge on any atom is -0.462 e. The van der Waals surface area contributed by atoms with Gasteiger partial charge in [0.05, 0.1) is 0 Å². The van der Waals surface area contributed by atoms with Crippen LogP contribution in [0.2, 0.25) is 0 Å². The maximum Gasteiger partial charge on any atom is 0.306 e. The summed E-state index contributed by atoms with van der Waals surface area (Å²) in [5.74, 6) is -0.881. The Balaban J connectivity index is 4.32. The van der Waals surface area contributed by atoms with Crippen molar-refractivity contribution in [2.45, 2.75) is 335 Å². The topological polar surface area (TPSA) is 78.9 Å². The lowest BCUT2D eigenvalue weighted by Gasteiger charge is -2.18. The van der Waals surface area contributed by atoms with Crippen LogP contribution < -0.4 is 0 Å². The highest BCUT2D eigenvalue weighted by molar-refractivity contribution is 5.71. The van der Waals surface area contributed by atoms with Gasteiger partial charge in [0.1, 0.15) is 13.2 Å². The molecule has 0 bridgehead atoms. The molecule has 0 fully saturated rings. The molecule has 1 unspecified atom stereocenters. The van der Waals surface area contributed by atoms with Gasteiger partial charge in [-0.05, 0) is 103 Å². The molecule has 0 aliphatic carbocycles. The van der Waals surface area contributed by atoms with Crippen LogP contribution in [-0.4, -0.2) is 37.2 Å². The van der Waals surface area contributed by atoms with Gasteiger partial charge in [-0.25, -0.2) is 0 Å². The van der Waals surface area contributed by atoms with Crippen molar-refractivity contribution in [3.8, 4) is 0 Å². The second-order valence-electron chi connectivity index (χ2n) is 22.7. The third-order valence-electron chi connectivity index (χ3n) is 14.8. The molecule has 0 amide bonds. The van der Waals surface area contributed by atoms with E-state index in [2.05, 4.69) is 130 Å². The van der Waals surface area contributed by atoms with Gasteiger partial charge in [0.2, 0.25) is 0 Å². The highest BCUT2D eigenvalue weighted by Crippen LogP contribution is 2.17. The van der Waals surface area contributed by atoms with Gasteiger partial charge in [-0.3, -0.25) is 14.4 Å². The molecule has 0 aromatic carbocycles. The van der Waals surface area contributed by atoms with Gasteiger partial charge in [-0.15, -0.1) is 0 Å². The second-order valence-corrected chi connectivity index (χ2v) is 22.7. The van der Waals surface area contributed by atoms with Crippen molar-refractivity contribution in [2.24, 2.45) is 0 Å². The average Bonchev–Trinajstić information content (AvgIpc) is 3.47. The predicted octanol–water partition coefficient (Wildman–Crippen LogP) is 23.8. The molecule has 0 aliphatic rings. The van der Waals surface area contributed by atoms with E-state index >= 15 is 0 Å². The molecular weight excluding hydrogens is 997 g/mol. The Morgan fingerprint density at radius 3 is 0.753 bits per heavy atom. The van der Waals surface area contributed by atoms with Crippen molar-refractivity contribution >= 4 is 17.9 Å². The van der Waals surface area contributed by atoms with Crippen LogP contribution in [-0.2, 0) is 28.6 Å². The average molecular weight is 1130 g/mol. The molecule has 0 spiro atoms. The van der Waals surface area contributed by atoms with E-state index in [1.54, 1.807) is 0 Å². The first-order valence-corrected chi connectivity index (χ1v) is 34.4. The van der Waals surface area contributed by atoms with Crippen LogP contribution in [0.15, 0.2) is 109 Å². The first kappa shape index (κ1) is 77.1. The molecule has 0 saturated carbocycles. The van der Waals surface area contributed by atoms with Crippen molar-refractivity contribution in [1.82, 2.24) is 0 Å². The van der Waals surface area contributed by atoms with Crippen molar-refractivity contribution < 1.29 is 28.6 Å². The first-order chi connectivity index (χ1) is 40.0. The van der Waals surface area contributed by atoms with Crippen LogP contribution in [0.25, 0.3) is 0 Å². The molecule has 464 valence electrons. The van der Waals surface area contributed by atoms with Crippen molar-refractivity contribution in [1.29, 1.82) is 0 Å². The van der Waals surface area contributed by atoms with Gasteiger partial charge in [-0.2, -0.15) is 0 Å². The van der Waals surface area contributed by atoms with Crippen LogP contribution in [0.1, 0.15) is 329 Å². The van der Waals surface area contributed by atoms with Crippen molar-refractivity contribution in [3.05, 3.63) is 109 Å². The van der Waals surface area contributed by atoms with Gasteiger partial charge in [-0.1, -0.05) is 316 Å². The van der Waals surface area contributed by atoms with Crippen molar-refractivity contribution in [2.75, 3.05) is 13.2 Å². The number of hydrogen-bond acceptors (Lipinski definition) is 6. The summed E-state index contributed by atoms with van der Waals surface area (Å²) < 4.78 is 17.0. The van der Waals surface area contributed by atoms with Crippen LogP contribution in [0, 0.1) is 0 Å². The molecular formula is C75H128O6. The summed E-state index contributed by atoms with van der Waals surface area (Å²) in [5, 5.41) is 0. The molecule has 0 rings (SSSR count). The van der Waals surface area contributed by atoms with Crippen LogP contribution >= 0.6 is 0 Å². The van der Waals surface area contributed by atoms with Crippen LogP contribution in [0.5, 0.6) is 0 Å². The summed E-state index contributed by atoms with van der Waals surface area (Å²) in [6, 6.07) is 0. The van der Waals surface area contributed by atoms with Crippen LogP contribution in [0.3, 0.4) is 0 Å². The fourth-order valence-corrected chi connectivity index (χ4v) is 9.70. The molecule has 0 N–H and O–H groups in total. The molecule has 0 aromatic rings. The van der Waals surface area contributed by atoms with E-state index in [4.69, 9.17) is 14.2 Å². The lowest BCUT2D eigenvalue weighted by atomic mass is 10.0. The molecule has 81 heavy (non-hydrogen) atoms. The van der Waals surface area contributed by atoms with E-state index in [0.717, 1.165) is 122 Å². The third kappa shape index (κ3) is 66.8. The van der Waals surface area contributed by atoms with E-state index in [0.29, 0.717) is 19.3 Å². The standard InChI is InChI=1S/C75H128O6/c1-4-7-10-13-16-19-22-25-28-31-32-33-34-35-36-37-38-39-40-41-42-45-47-50-53-56-59-62-65-68-74(77)80-71-72(81-75(78)69-66-63-60-57-54-51-48-44-30-27-24-21-18-15-12-9-6-3)70-79-73(76)67-64-61-58-55-52-49-46-43-29-26-23-20-17-14-11-8-5-2/h7,9-10,12,16,18-19,21,25,27-28,30,32-33,35-36,38-39,72H,4-6,8,11,13-15,17,20,22-24,26,29,31,34,37,40-71H2,1-3H3/b10-7-,12-9-,19-16-,21-18-,28-25-,30-27-,33-32-,36-35-,39-38-. The zero-order valence-corrected chi connectivity index (χ0v) is 53.3. The lowest BCUT2D eigenvalue weighted by molar-refractivity contribution is -0.167. The smallest absolute Gasteiger partial charge is 0.306 e. The number of ether oxygens (including phenoxy) is 3. The van der Waals surface area contributed by atoms with Gasteiger partial charge >= 0.3 is 17.9 Å². The number of hydrogen-bond donors (Lipinski definition) is 0. The third-order valence-corrected chi connectivity index (χ3v) is 14.8. The Labute approximate surface area is 501 Å². The minimum atomic E-state index is -0.786. The number of carbonyl (C=O) groups is 3. The number of rotatable bonds is 62. The number of esters is 3. The maximum atomic E-state index is 12.9. The number of unbranched alkanes of at least 4 members (excludes halogenated alkanes) is 33.